The molecule has 1 aromatic heterocycles. The fourth-order valence-corrected chi connectivity index (χ4v) is 6.58. The van der Waals surface area contributed by atoms with E-state index in [1.54, 1.807) is 14.2 Å². The molecule has 1 N–H and O–H groups in total. The van der Waals surface area contributed by atoms with Crippen LogP contribution < -0.4 is 10.1 Å². The van der Waals surface area contributed by atoms with E-state index in [2.05, 4.69) is 98.4 Å². The van der Waals surface area contributed by atoms with Crippen molar-refractivity contribution in [1.29, 1.82) is 0 Å². The first-order valence-electron chi connectivity index (χ1n) is 11.7. The molecule has 0 radical (unpaired) electrons. The summed E-state index contributed by atoms with van der Waals surface area (Å²) < 4.78 is 6.28. The first-order valence-corrected chi connectivity index (χ1v) is 12.1. The Morgan fingerprint density at radius 3 is 1.67 bits per heavy atom. The second-order valence-corrected chi connectivity index (χ2v) is 12.2. The molecule has 0 aliphatic carbocycles. The van der Waals surface area contributed by atoms with Crippen molar-refractivity contribution in [2.45, 2.75) is 121 Å². The minimum Gasteiger partial charge on any atom is -0.460 e. The molecule has 0 atom stereocenters. The van der Waals surface area contributed by atoms with E-state index in [4.69, 9.17) is 14.4 Å². The largest absolute Gasteiger partial charge is 0.460 e. The molecule has 188 valence electrons. The number of ether oxygens (including phenoxy) is 1. The van der Waals surface area contributed by atoms with Gasteiger partial charge in [-0.3, -0.25) is 0 Å². The molecule has 10 heteroatoms. The summed E-state index contributed by atoms with van der Waals surface area (Å²) in [7, 11) is 3.46. The van der Waals surface area contributed by atoms with Gasteiger partial charge in [-0.05, 0) is 68.2 Å². The van der Waals surface area contributed by atoms with Gasteiger partial charge >= 0.3 is 6.01 Å². The molecule has 0 aromatic carbocycles. The Labute approximate surface area is 204 Å². The molecular weight excluding hydrogens is 440 g/mol. The van der Waals surface area contributed by atoms with Crippen LogP contribution in [0.1, 0.15) is 81.1 Å². The zero-order valence-corrected chi connectivity index (χ0v) is 22.8. The number of piperidine rings is 2. The smallest absolute Gasteiger partial charge is 0.322 e. The lowest BCUT2D eigenvalue weighted by atomic mass is 9.79. The minimum absolute atomic E-state index is 0.0489. The molecule has 0 spiro atoms. The summed E-state index contributed by atoms with van der Waals surface area (Å²) >= 11 is 4.42. The van der Waals surface area contributed by atoms with Crippen LogP contribution in [0.3, 0.4) is 0 Å². The second-order valence-electron chi connectivity index (χ2n) is 11.8. The average Bonchev–Trinajstić information content (AvgIpc) is 2.57. The number of nitrogens with one attached hydrogen (secondary N) is 1. The van der Waals surface area contributed by atoms with E-state index in [9.17, 15) is 0 Å². The van der Waals surface area contributed by atoms with Gasteiger partial charge < -0.3 is 19.7 Å². The van der Waals surface area contributed by atoms with Crippen LogP contribution in [-0.2, 0) is 9.68 Å². The molecule has 0 bridgehead atoms. The summed E-state index contributed by atoms with van der Waals surface area (Å²) in [4.78, 5) is 24.8. The molecule has 2 fully saturated rings. The number of hydrogen-bond acceptors (Lipinski definition) is 10. The topological polar surface area (TPSA) is 84.9 Å². The van der Waals surface area contributed by atoms with Crippen LogP contribution in [0.5, 0.6) is 6.01 Å². The third kappa shape index (κ3) is 5.73. The molecule has 3 heterocycles. The number of anilines is 1. The van der Waals surface area contributed by atoms with E-state index in [0.717, 1.165) is 25.7 Å². The van der Waals surface area contributed by atoms with Crippen molar-refractivity contribution in [3.8, 4) is 6.01 Å². The zero-order valence-electron chi connectivity index (χ0n) is 21.9. The van der Waals surface area contributed by atoms with Crippen molar-refractivity contribution in [3.05, 3.63) is 0 Å². The lowest BCUT2D eigenvalue weighted by molar-refractivity contribution is -0.275. The molecule has 1 aromatic rings. The fraction of sp³-hybridized carbons (Fsp3) is 0.870. The van der Waals surface area contributed by atoms with Crippen LogP contribution in [0.2, 0.25) is 0 Å². The molecule has 2 saturated heterocycles. The summed E-state index contributed by atoms with van der Waals surface area (Å²) in [6, 6.07) is 0.472. The third-order valence-corrected chi connectivity index (χ3v) is 6.92. The van der Waals surface area contributed by atoms with Crippen LogP contribution >= 0.6 is 12.6 Å². The fourth-order valence-electron chi connectivity index (χ4n) is 6.40. The van der Waals surface area contributed by atoms with Gasteiger partial charge in [0.15, 0.2) is 5.16 Å². The lowest BCUT2D eigenvalue weighted by Gasteiger charge is -2.53. The molecular formula is C23H42N6O3S. The molecule has 0 unspecified atom stereocenters. The first-order chi connectivity index (χ1) is 15.1. The van der Waals surface area contributed by atoms with Gasteiger partial charge in [0.05, 0.1) is 14.2 Å². The van der Waals surface area contributed by atoms with Crippen molar-refractivity contribution in [1.82, 2.24) is 25.1 Å². The Bertz CT molecular complexity index is 747. The molecule has 3 rings (SSSR count). The highest BCUT2D eigenvalue weighted by molar-refractivity contribution is 7.80. The lowest BCUT2D eigenvalue weighted by Crippen LogP contribution is -2.62. The Hall–Kier alpha value is -1.20. The third-order valence-electron chi connectivity index (χ3n) is 6.72. The number of hydrogen-bond donors (Lipinski definition) is 2. The predicted molar refractivity (Wildman–Crippen MR) is 131 cm³/mol. The number of nitrogens with zero attached hydrogens (tertiary/aromatic N) is 5. The zero-order chi connectivity index (χ0) is 24.8. The van der Waals surface area contributed by atoms with E-state index in [-0.39, 0.29) is 34.3 Å². The molecule has 2 aliphatic rings. The number of aromatic nitrogens is 3. The second kappa shape index (κ2) is 9.11. The molecule has 0 amide bonds. The summed E-state index contributed by atoms with van der Waals surface area (Å²) in [6.07, 6.45) is 3.29. The predicted octanol–water partition coefficient (Wildman–Crippen LogP) is 4.12. The van der Waals surface area contributed by atoms with Crippen LogP contribution in [-0.4, -0.2) is 73.6 Å². The van der Waals surface area contributed by atoms with Gasteiger partial charge in [0.25, 0.3) is 0 Å². The van der Waals surface area contributed by atoms with Gasteiger partial charge in [-0.15, -0.1) is 12.6 Å². The van der Waals surface area contributed by atoms with E-state index in [1.165, 1.54) is 0 Å². The van der Waals surface area contributed by atoms with Crippen LogP contribution in [0, 0.1) is 0 Å². The molecule has 33 heavy (non-hydrogen) atoms. The van der Waals surface area contributed by atoms with E-state index in [1.807, 2.05) is 0 Å². The quantitative estimate of drug-likeness (QED) is 0.582. The Kier molecular flexibility index (Phi) is 7.29. The van der Waals surface area contributed by atoms with Crippen molar-refractivity contribution in [2.75, 3.05) is 19.5 Å². The van der Waals surface area contributed by atoms with Crippen LogP contribution in [0.4, 0.5) is 5.95 Å². The minimum atomic E-state index is -0.189. The SMILES string of the molecule is CON1C(C)(C)CC(Nc2nc(S)nc(OC3CC(C)(C)N(OC)C(C)(C)C3)n2)CC1(C)C. The normalized spacial score (nSPS) is 25.7. The molecule has 9 nitrogen and oxygen atoms in total. The number of rotatable bonds is 6. The Morgan fingerprint density at radius 2 is 1.21 bits per heavy atom. The number of hydroxylamine groups is 4. The standard InChI is InChI=1S/C23H42N6O3S/c1-20(2)11-15(12-21(3,4)28(20)30-9)24-17-25-18(27-19(33)26-17)32-16-13-22(5,6)29(31-10)23(7,8)14-16/h15-16H,11-14H2,1-10H3,(H2,24,25,26,27,33). The van der Waals surface area contributed by atoms with Gasteiger partial charge in [0.1, 0.15) is 6.10 Å². The maximum Gasteiger partial charge on any atom is 0.322 e. The van der Waals surface area contributed by atoms with Gasteiger partial charge in [-0.25, -0.2) is 0 Å². The maximum atomic E-state index is 6.28. The van der Waals surface area contributed by atoms with Gasteiger partial charge in [0.2, 0.25) is 5.95 Å². The Morgan fingerprint density at radius 1 is 0.758 bits per heavy atom. The van der Waals surface area contributed by atoms with Crippen molar-refractivity contribution in [3.63, 3.8) is 0 Å². The van der Waals surface area contributed by atoms with E-state index in [0.29, 0.717) is 17.1 Å². The van der Waals surface area contributed by atoms with Gasteiger partial charge in [-0.1, -0.05) is 0 Å². The van der Waals surface area contributed by atoms with Crippen LogP contribution in [0.15, 0.2) is 5.16 Å². The monoisotopic (exact) mass is 482 g/mol. The van der Waals surface area contributed by atoms with Crippen LogP contribution in [0.25, 0.3) is 0 Å². The van der Waals surface area contributed by atoms with E-state index < -0.39 is 0 Å². The maximum absolute atomic E-state index is 6.28. The van der Waals surface area contributed by atoms with E-state index >= 15 is 0 Å². The van der Waals surface area contributed by atoms with Crippen molar-refractivity contribution in [2.24, 2.45) is 0 Å². The molecule has 2 aliphatic heterocycles. The Balaban J connectivity index is 1.76. The summed E-state index contributed by atoms with van der Waals surface area (Å²) in [5.41, 5.74) is -0.662. The average molecular weight is 483 g/mol. The number of thiol groups is 1. The first kappa shape index (κ1) is 26.4. The van der Waals surface area contributed by atoms with Gasteiger partial charge in [0, 0.05) is 41.0 Å². The summed E-state index contributed by atoms with van der Waals surface area (Å²) in [5, 5.41) is 7.98. The summed E-state index contributed by atoms with van der Waals surface area (Å²) in [6.45, 7) is 17.4. The highest BCUT2D eigenvalue weighted by Crippen LogP contribution is 2.40. The molecule has 0 saturated carbocycles. The highest BCUT2D eigenvalue weighted by atomic mass is 32.1. The van der Waals surface area contributed by atoms with Crippen molar-refractivity contribution < 1.29 is 14.4 Å². The van der Waals surface area contributed by atoms with Crippen molar-refractivity contribution >= 4 is 18.6 Å². The highest BCUT2D eigenvalue weighted by Gasteiger charge is 2.48. The summed E-state index contributed by atoms with van der Waals surface area (Å²) in [5.74, 6) is 0.486. The van der Waals surface area contributed by atoms with Gasteiger partial charge in [-0.2, -0.15) is 25.1 Å².